The van der Waals surface area contributed by atoms with Crippen molar-refractivity contribution in [1.82, 2.24) is 16.0 Å². The minimum absolute atomic E-state index is 0.0394. The largest absolute Gasteiger partial charge is 0.508 e. The van der Waals surface area contributed by atoms with E-state index in [4.69, 9.17) is 17.2 Å². The van der Waals surface area contributed by atoms with Crippen molar-refractivity contribution < 1.29 is 29.4 Å². The van der Waals surface area contributed by atoms with Gasteiger partial charge in [0.2, 0.25) is 17.7 Å². The van der Waals surface area contributed by atoms with E-state index in [9.17, 15) is 29.4 Å². The Balaban J connectivity index is 3.17. The topological polar surface area (TPSA) is 235 Å². The fourth-order valence-electron chi connectivity index (χ4n) is 3.46. The van der Waals surface area contributed by atoms with Crippen molar-refractivity contribution in [3.63, 3.8) is 0 Å². The molecule has 0 spiro atoms. The molecule has 14 heteroatoms. The molecule has 4 atom stereocenters. The van der Waals surface area contributed by atoms with Crippen LogP contribution in [0.15, 0.2) is 29.3 Å². The number of thioether (sulfide) groups is 1. The standard InChI is InChI=1S/C25H41N7O6S/c1-14(2)20(26)23(36)32-19(13-15-6-8-16(33)9-7-15)22(35)30-17(5-4-11-29-25(27)28)21(34)31-18(24(37)38)10-12-39-3/h6-9,14,17-20,33H,4-5,10-13,26H2,1-3H3,(H,30,35)(H,31,34)(H,32,36)(H,37,38)(H4,27,28,29). The molecule has 0 fully saturated rings. The summed E-state index contributed by atoms with van der Waals surface area (Å²) in [6, 6.07) is 1.87. The monoisotopic (exact) mass is 567 g/mol. The van der Waals surface area contributed by atoms with Gasteiger partial charge in [-0.25, -0.2) is 4.79 Å². The molecule has 0 bridgehead atoms. The number of aliphatic imine (C=N–C) groups is 1. The molecule has 0 aliphatic heterocycles. The van der Waals surface area contributed by atoms with Gasteiger partial charge in [-0.15, -0.1) is 0 Å². The average Bonchev–Trinajstić information content (AvgIpc) is 2.87. The van der Waals surface area contributed by atoms with E-state index in [-0.39, 0.29) is 43.4 Å². The van der Waals surface area contributed by atoms with E-state index in [1.54, 1.807) is 26.0 Å². The zero-order valence-electron chi connectivity index (χ0n) is 22.6. The first-order valence-electron chi connectivity index (χ1n) is 12.6. The molecule has 0 aliphatic carbocycles. The lowest BCUT2D eigenvalue weighted by Crippen LogP contribution is -2.58. The van der Waals surface area contributed by atoms with Crippen LogP contribution in [0.25, 0.3) is 0 Å². The maximum Gasteiger partial charge on any atom is 0.326 e. The van der Waals surface area contributed by atoms with Crippen LogP contribution in [0.2, 0.25) is 0 Å². The number of amides is 3. The van der Waals surface area contributed by atoms with E-state index in [1.807, 2.05) is 6.26 Å². The number of phenols is 1. The third-order valence-electron chi connectivity index (χ3n) is 5.83. The molecule has 3 amide bonds. The minimum Gasteiger partial charge on any atom is -0.508 e. The molecule has 39 heavy (non-hydrogen) atoms. The van der Waals surface area contributed by atoms with Crippen LogP contribution >= 0.6 is 11.8 Å². The zero-order valence-corrected chi connectivity index (χ0v) is 23.4. The third-order valence-corrected chi connectivity index (χ3v) is 6.48. The summed E-state index contributed by atoms with van der Waals surface area (Å²) in [5, 5.41) is 26.9. The maximum absolute atomic E-state index is 13.4. The van der Waals surface area contributed by atoms with Crippen molar-refractivity contribution in [2.24, 2.45) is 28.1 Å². The van der Waals surface area contributed by atoms with E-state index in [1.165, 1.54) is 23.9 Å². The molecule has 0 heterocycles. The SMILES string of the molecule is CSCCC(NC(=O)C(CCCN=C(N)N)NC(=O)C(Cc1ccc(O)cc1)NC(=O)C(N)C(C)C)C(=O)O. The first kappa shape index (κ1) is 33.5. The number of carbonyl (C=O) groups excluding carboxylic acids is 3. The van der Waals surface area contributed by atoms with E-state index in [0.29, 0.717) is 17.7 Å². The lowest BCUT2D eigenvalue weighted by atomic mass is 10.0. The Hall–Kier alpha value is -3.52. The molecule has 0 radical (unpaired) electrons. The second-order valence-corrected chi connectivity index (χ2v) is 10.4. The molecule has 0 saturated carbocycles. The predicted octanol–water partition coefficient (Wildman–Crippen LogP) is -0.736. The summed E-state index contributed by atoms with van der Waals surface area (Å²) in [6.45, 7) is 3.73. The fourth-order valence-corrected chi connectivity index (χ4v) is 3.93. The first-order chi connectivity index (χ1) is 18.3. The highest BCUT2D eigenvalue weighted by molar-refractivity contribution is 7.98. The van der Waals surface area contributed by atoms with Gasteiger partial charge in [-0.05, 0) is 54.9 Å². The fraction of sp³-hybridized carbons (Fsp3) is 0.560. The van der Waals surface area contributed by atoms with Crippen molar-refractivity contribution in [2.45, 2.75) is 63.7 Å². The van der Waals surface area contributed by atoms with Gasteiger partial charge in [0.1, 0.15) is 23.9 Å². The average molecular weight is 568 g/mol. The van der Waals surface area contributed by atoms with Crippen molar-refractivity contribution in [2.75, 3.05) is 18.6 Å². The van der Waals surface area contributed by atoms with Crippen LogP contribution in [-0.4, -0.2) is 82.6 Å². The highest BCUT2D eigenvalue weighted by Gasteiger charge is 2.30. The Kier molecular flexibility index (Phi) is 14.7. The third kappa shape index (κ3) is 12.7. The quantitative estimate of drug-likeness (QED) is 0.0667. The van der Waals surface area contributed by atoms with Crippen LogP contribution in [0.1, 0.15) is 38.7 Å². The molecule has 0 saturated heterocycles. The summed E-state index contributed by atoms with van der Waals surface area (Å²) in [4.78, 5) is 54.8. The van der Waals surface area contributed by atoms with Crippen molar-refractivity contribution in [3.05, 3.63) is 29.8 Å². The number of nitrogens with zero attached hydrogens (tertiary/aromatic N) is 1. The number of hydrogen-bond acceptors (Lipinski definition) is 8. The van der Waals surface area contributed by atoms with Crippen LogP contribution in [0.5, 0.6) is 5.75 Å². The number of benzene rings is 1. The number of phenolic OH excluding ortho intramolecular Hbond substituents is 1. The molecule has 0 aromatic heterocycles. The van der Waals surface area contributed by atoms with Gasteiger partial charge < -0.3 is 43.4 Å². The predicted molar refractivity (Wildman–Crippen MR) is 151 cm³/mol. The molecule has 1 rings (SSSR count). The molecular weight excluding hydrogens is 526 g/mol. The van der Waals surface area contributed by atoms with Crippen LogP contribution in [0, 0.1) is 5.92 Å². The summed E-state index contributed by atoms with van der Waals surface area (Å²) in [6.07, 6.45) is 2.49. The molecule has 0 aliphatic rings. The van der Waals surface area contributed by atoms with Crippen molar-refractivity contribution in [3.8, 4) is 5.75 Å². The number of carboxylic acids is 1. The number of nitrogens with two attached hydrogens (primary N) is 3. The first-order valence-corrected chi connectivity index (χ1v) is 14.0. The number of hydrogen-bond donors (Lipinski definition) is 8. The number of aliphatic carboxylic acids is 1. The molecule has 218 valence electrons. The second kappa shape index (κ2) is 17.1. The Labute approximate surface area is 232 Å². The van der Waals surface area contributed by atoms with Crippen LogP contribution in [-0.2, 0) is 25.6 Å². The van der Waals surface area contributed by atoms with Gasteiger partial charge in [-0.1, -0.05) is 26.0 Å². The van der Waals surface area contributed by atoms with Crippen LogP contribution in [0.4, 0.5) is 0 Å². The Bertz CT molecular complexity index is 986. The van der Waals surface area contributed by atoms with E-state index in [0.717, 1.165) is 0 Å². The number of nitrogens with one attached hydrogen (secondary N) is 3. The second-order valence-electron chi connectivity index (χ2n) is 9.39. The van der Waals surface area contributed by atoms with E-state index < -0.39 is 47.9 Å². The Morgan fingerprint density at radius 2 is 1.49 bits per heavy atom. The van der Waals surface area contributed by atoms with Crippen molar-refractivity contribution >= 4 is 41.4 Å². The Morgan fingerprint density at radius 3 is 2.03 bits per heavy atom. The van der Waals surface area contributed by atoms with Gasteiger partial charge in [0, 0.05) is 13.0 Å². The number of guanidine groups is 1. The summed E-state index contributed by atoms with van der Waals surface area (Å²) in [5.74, 6) is -2.84. The lowest BCUT2D eigenvalue weighted by molar-refractivity contribution is -0.142. The highest BCUT2D eigenvalue weighted by Crippen LogP contribution is 2.13. The smallest absolute Gasteiger partial charge is 0.326 e. The number of carboxylic acid groups (broad SMARTS) is 1. The summed E-state index contributed by atoms with van der Waals surface area (Å²) >= 11 is 1.44. The maximum atomic E-state index is 13.4. The molecule has 11 N–H and O–H groups in total. The van der Waals surface area contributed by atoms with Gasteiger partial charge in [0.05, 0.1) is 6.04 Å². The van der Waals surface area contributed by atoms with Crippen LogP contribution < -0.4 is 33.2 Å². The summed E-state index contributed by atoms with van der Waals surface area (Å²) in [7, 11) is 0. The molecule has 1 aromatic carbocycles. The van der Waals surface area contributed by atoms with Gasteiger partial charge in [-0.3, -0.25) is 19.4 Å². The van der Waals surface area contributed by atoms with Gasteiger partial charge in [0.15, 0.2) is 5.96 Å². The summed E-state index contributed by atoms with van der Waals surface area (Å²) < 4.78 is 0. The van der Waals surface area contributed by atoms with Gasteiger partial charge in [0.25, 0.3) is 0 Å². The zero-order chi connectivity index (χ0) is 29.5. The molecular formula is C25H41N7O6S. The van der Waals surface area contributed by atoms with Crippen molar-refractivity contribution in [1.29, 1.82) is 0 Å². The number of rotatable bonds is 17. The summed E-state index contributed by atoms with van der Waals surface area (Å²) in [5.41, 5.74) is 17.3. The number of carbonyl (C=O) groups is 4. The van der Waals surface area contributed by atoms with E-state index >= 15 is 0 Å². The van der Waals surface area contributed by atoms with Gasteiger partial charge >= 0.3 is 5.97 Å². The molecule has 1 aromatic rings. The van der Waals surface area contributed by atoms with Crippen LogP contribution in [0.3, 0.4) is 0 Å². The lowest BCUT2D eigenvalue weighted by Gasteiger charge is -2.26. The van der Waals surface area contributed by atoms with Gasteiger partial charge in [-0.2, -0.15) is 11.8 Å². The van der Waals surface area contributed by atoms with E-state index in [2.05, 4.69) is 20.9 Å². The minimum atomic E-state index is -1.19. The highest BCUT2D eigenvalue weighted by atomic mass is 32.2. The Morgan fingerprint density at radius 1 is 0.923 bits per heavy atom. The normalized spacial score (nSPS) is 14.0. The number of aromatic hydroxyl groups is 1. The molecule has 13 nitrogen and oxygen atoms in total. The molecule has 4 unspecified atom stereocenters.